The zero-order valence-electron chi connectivity index (χ0n) is 18.1. The standard InChI is InChI=1S/C23H27ClFNO5S/c1-16(2)12-23(27)26(15-20-4-3-11-30-20)14-17-13-18(24)5-10-22(17)31-32(28,29)21-8-6-19(25)7-9-21/h5-10,13,16,20H,3-4,11-12,14-15H2,1-2H3. The van der Waals surface area contributed by atoms with Gasteiger partial charge in [-0.05, 0) is 61.2 Å². The van der Waals surface area contributed by atoms with Crippen molar-refractivity contribution in [2.45, 2.75) is 50.7 Å². The Bertz CT molecular complexity index is 1040. The molecule has 0 aromatic heterocycles. The molecule has 1 aliphatic heterocycles. The van der Waals surface area contributed by atoms with Crippen molar-refractivity contribution in [2.24, 2.45) is 5.92 Å². The van der Waals surface area contributed by atoms with Crippen molar-refractivity contribution >= 4 is 27.6 Å². The van der Waals surface area contributed by atoms with Crippen molar-refractivity contribution in [3.05, 3.63) is 58.9 Å². The van der Waals surface area contributed by atoms with Crippen molar-refractivity contribution < 1.29 is 26.5 Å². The lowest BCUT2D eigenvalue weighted by molar-refractivity contribution is -0.134. The van der Waals surface area contributed by atoms with Crippen LogP contribution in [0.15, 0.2) is 47.4 Å². The number of carbonyl (C=O) groups is 1. The number of benzene rings is 2. The summed E-state index contributed by atoms with van der Waals surface area (Å²) in [5.74, 6) is -0.371. The molecule has 2 aromatic carbocycles. The molecule has 6 nitrogen and oxygen atoms in total. The summed E-state index contributed by atoms with van der Waals surface area (Å²) < 4.78 is 49.7. The molecule has 1 saturated heterocycles. The van der Waals surface area contributed by atoms with Crippen molar-refractivity contribution in [3.8, 4) is 5.75 Å². The summed E-state index contributed by atoms with van der Waals surface area (Å²) in [6.45, 7) is 5.12. The van der Waals surface area contributed by atoms with Gasteiger partial charge < -0.3 is 13.8 Å². The van der Waals surface area contributed by atoms with Crippen LogP contribution in [0.4, 0.5) is 4.39 Å². The van der Waals surface area contributed by atoms with Gasteiger partial charge in [0.2, 0.25) is 5.91 Å². The van der Waals surface area contributed by atoms with E-state index in [2.05, 4.69) is 0 Å². The van der Waals surface area contributed by atoms with Gasteiger partial charge in [0, 0.05) is 36.7 Å². The van der Waals surface area contributed by atoms with Gasteiger partial charge in [-0.1, -0.05) is 25.4 Å². The maximum absolute atomic E-state index is 13.2. The van der Waals surface area contributed by atoms with Gasteiger partial charge in [-0.25, -0.2) is 4.39 Å². The summed E-state index contributed by atoms with van der Waals surface area (Å²) in [7, 11) is -4.20. The molecule has 0 radical (unpaired) electrons. The predicted molar refractivity (Wildman–Crippen MR) is 120 cm³/mol. The van der Waals surface area contributed by atoms with Gasteiger partial charge in [0.1, 0.15) is 16.5 Å². The van der Waals surface area contributed by atoms with E-state index in [9.17, 15) is 17.6 Å². The third kappa shape index (κ3) is 6.67. The number of rotatable bonds is 9. The molecule has 0 spiro atoms. The second-order valence-corrected chi connectivity index (χ2v) is 10.2. The third-order valence-corrected chi connectivity index (χ3v) is 6.55. The van der Waals surface area contributed by atoms with Gasteiger partial charge in [-0.15, -0.1) is 0 Å². The first-order valence-corrected chi connectivity index (χ1v) is 12.3. The zero-order valence-corrected chi connectivity index (χ0v) is 19.7. The topological polar surface area (TPSA) is 72.9 Å². The molecule has 32 heavy (non-hydrogen) atoms. The summed E-state index contributed by atoms with van der Waals surface area (Å²) in [5.41, 5.74) is 0.457. The number of hydrogen-bond acceptors (Lipinski definition) is 5. The highest BCUT2D eigenvalue weighted by molar-refractivity contribution is 7.87. The first kappa shape index (κ1) is 24.5. The molecule has 174 valence electrons. The average Bonchev–Trinajstić information content (AvgIpc) is 3.22. The summed E-state index contributed by atoms with van der Waals surface area (Å²) in [5, 5.41) is 0.389. The SMILES string of the molecule is CC(C)CC(=O)N(Cc1cc(Cl)ccc1OS(=O)(=O)c1ccc(F)cc1)CC1CCCO1. The molecule has 9 heteroatoms. The number of ether oxygens (including phenoxy) is 1. The Morgan fingerprint density at radius 2 is 1.97 bits per heavy atom. The first-order chi connectivity index (χ1) is 15.1. The molecule has 1 atom stereocenters. The normalized spacial score (nSPS) is 16.3. The molecule has 1 unspecified atom stereocenters. The molecule has 0 N–H and O–H groups in total. The Morgan fingerprint density at radius 1 is 1.25 bits per heavy atom. The van der Waals surface area contributed by atoms with E-state index >= 15 is 0 Å². The van der Waals surface area contributed by atoms with Crippen LogP contribution in [0.3, 0.4) is 0 Å². The average molecular weight is 484 g/mol. The van der Waals surface area contributed by atoms with E-state index in [1.807, 2.05) is 13.8 Å². The van der Waals surface area contributed by atoms with Crippen LogP contribution in [0.5, 0.6) is 5.75 Å². The number of hydrogen-bond donors (Lipinski definition) is 0. The highest BCUT2D eigenvalue weighted by Gasteiger charge is 2.25. The van der Waals surface area contributed by atoms with E-state index in [1.165, 1.54) is 12.1 Å². The highest BCUT2D eigenvalue weighted by atomic mass is 35.5. The van der Waals surface area contributed by atoms with Crippen LogP contribution in [0, 0.1) is 11.7 Å². The van der Waals surface area contributed by atoms with E-state index in [4.69, 9.17) is 20.5 Å². The first-order valence-electron chi connectivity index (χ1n) is 10.5. The smallest absolute Gasteiger partial charge is 0.339 e. The lowest BCUT2D eigenvalue weighted by atomic mass is 10.1. The molecule has 1 heterocycles. The second kappa shape index (κ2) is 10.6. The molecular weight excluding hydrogens is 457 g/mol. The molecule has 2 aromatic rings. The van der Waals surface area contributed by atoms with E-state index in [1.54, 1.807) is 11.0 Å². The molecule has 0 aliphatic carbocycles. The van der Waals surface area contributed by atoms with Crippen LogP contribution in [-0.4, -0.2) is 38.5 Å². The number of nitrogens with zero attached hydrogens (tertiary/aromatic N) is 1. The Labute approximate surface area is 193 Å². The summed E-state index contributed by atoms with van der Waals surface area (Å²) in [6.07, 6.45) is 2.11. The lowest BCUT2D eigenvalue weighted by Gasteiger charge is -2.27. The number of amides is 1. The van der Waals surface area contributed by atoms with Crippen LogP contribution < -0.4 is 4.18 Å². The Morgan fingerprint density at radius 3 is 2.59 bits per heavy atom. The fourth-order valence-corrected chi connectivity index (χ4v) is 4.65. The maximum Gasteiger partial charge on any atom is 0.339 e. The van der Waals surface area contributed by atoms with Gasteiger partial charge in [0.05, 0.1) is 6.10 Å². The minimum atomic E-state index is -4.20. The highest BCUT2D eigenvalue weighted by Crippen LogP contribution is 2.28. The van der Waals surface area contributed by atoms with Gasteiger partial charge in [-0.3, -0.25) is 4.79 Å². The van der Waals surface area contributed by atoms with E-state index in [0.29, 0.717) is 30.2 Å². The largest absolute Gasteiger partial charge is 0.379 e. The van der Waals surface area contributed by atoms with E-state index in [-0.39, 0.29) is 35.1 Å². The van der Waals surface area contributed by atoms with Crippen molar-refractivity contribution in [2.75, 3.05) is 13.2 Å². The Hall–Kier alpha value is -2.16. The minimum absolute atomic E-state index is 0.0529. The van der Waals surface area contributed by atoms with Crippen molar-refractivity contribution in [1.29, 1.82) is 0 Å². The molecule has 1 amide bonds. The van der Waals surface area contributed by atoms with Gasteiger partial charge in [-0.2, -0.15) is 8.42 Å². The van der Waals surface area contributed by atoms with Gasteiger partial charge >= 0.3 is 10.1 Å². The fourth-order valence-electron chi connectivity index (χ4n) is 3.49. The quantitative estimate of drug-likeness (QED) is 0.479. The van der Waals surface area contributed by atoms with E-state index < -0.39 is 15.9 Å². The molecule has 0 bridgehead atoms. The molecule has 3 rings (SSSR count). The van der Waals surface area contributed by atoms with Gasteiger partial charge in [0.25, 0.3) is 0 Å². The van der Waals surface area contributed by atoms with Crippen LogP contribution in [0.1, 0.15) is 38.7 Å². The van der Waals surface area contributed by atoms with Crippen LogP contribution in [-0.2, 0) is 26.2 Å². The van der Waals surface area contributed by atoms with Crippen LogP contribution >= 0.6 is 11.6 Å². The van der Waals surface area contributed by atoms with Gasteiger partial charge in [0.15, 0.2) is 0 Å². The fraction of sp³-hybridized carbons (Fsp3) is 0.435. The van der Waals surface area contributed by atoms with Crippen molar-refractivity contribution in [3.63, 3.8) is 0 Å². The van der Waals surface area contributed by atoms with Crippen molar-refractivity contribution in [1.82, 2.24) is 4.90 Å². The predicted octanol–water partition coefficient (Wildman–Crippen LogP) is 4.80. The molecule has 1 fully saturated rings. The van der Waals surface area contributed by atoms with E-state index in [0.717, 1.165) is 37.1 Å². The maximum atomic E-state index is 13.2. The summed E-state index contributed by atoms with van der Waals surface area (Å²) in [6, 6.07) is 8.92. The number of halogens is 2. The lowest BCUT2D eigenvalue weighted by Crippen LogP contribution is -2.37. The summed E-state index contributed by atoms with van der Waals surface area (Å²) >= 11 is 6.17. The number of carbonyl (C=O) groups excluding carboxylic acids is 1. The minimum Gasteiger partial charge on any atom is -0.379 e. The second-order valence-electron chi connectivity index (χ2n) is 8.25. The Balaban J connectivity index is 1.87. The monoisotopic (exact) mass is 483 g/mol. The summed E-state index contributed by atoms with van der Waals surface area (Å²) in [4.78, 5) is 14.4. The van der Waals surface area contributed by atoms with Crippen LogP contribution in [0.25, 0.3) is 0 Å². The van der Waals surface area contributed by atoms with Crippen LogP contribution in [0.2, 0.25) is 5.02 Å². The molecule has 0 saturated carbocycles. The molecular formula is C23H27ClFNO5S. The zero-order chi connectivity index (χ0) is 23.3. The Kier molecular flexibility index (Phi) is 8.14. The molecule has 1 aliphatic rings. The third-order valence-electron chi connectivity index (χ3n) is 5.07.